The van der Waals surface area contributed by atoms with Crippen LogP contribution in [0.15, 0.2) is 0 Å². The van der Waals surface area contributed by atoms with Gasteiger partial charge in [-0.2, -0.15) is 0 Å². The summed E-state index contributed by atoms with van der Waals surface area (Å²) in [5.41, 5.74) is 0. The lowest BCUT2D eigenvalue weighted by molar-refractivity contribution is 0.104. The van der Waals surface area contributed by atoms with E-state index < -0.39 is 0 Å². The molecule has 2 saturated carbocycles. The second-order valence-electron chi connectivity index (χ2n) is 4.93. The molecule has 0 heterocycles. The Morgan fingerprint density at radius 2 is 2.00 bits per heavy atom. The lowest BCUT2D eigenvalue weighted by Crippen LogP contribution is -2.41. The molecule has 0 bridgehead atoms. The molecule has 3 heteroatoms. The zero-order chi connectivity index (χ0) is 10.7. The Morgan fingerprint density at radius 3 is 2.53 bits per heavy atom. The van der Waals surface area contributed by atoms with Crippen LogP contribution in [-0.4, -0.2) is 39.0 Å². The standard InChI is InChI=1S/C12H23NO2/c1-14-8-12(9-3-4-9)13-10-5-6-11(7-10)15-2/h9-13H,3-8H2,1-2H3. The van der Waals surface area contributed by atoms with Crippen LogP contribution in [0.4, 0.5) is 0 Å². The van der Waals surface area contributed by atoms with Gasteiger partial charge < -0.3 is 14.8 Å². The molecule has 2 aliphatic rings. The molecular formula is C12H23NO2. The first-order valence-electron chi connectivity index (χ1n) is 6.11. The van der Waals surface area contributed by atoms with E-state index in [-0.39, 0.29) is 0 Å². The van der Waals surface area contributed by atoms with E-state index in [2.05, 4.69) is 5.32 Å². The van der Waals surface area contributed by atoms with Crippen LogP contribution < -0.4 is 5.32 Å². The quantitative estimate of drug-likeness (QED) is 0.726. The highest BCUT2D eigenvalue weighted by Gasteiger charge is 2.34. The fourth-order valence-corrected chi connectivity index (χ4v) is 2.61. The first-order valence-corrected chi connectivity index (χ1v) is 6.11. The fraction of sp³-hybridized carbons (Fsp3) is 1.00. The maximum absolute atomic E-state index is 5.39. The average molecular weight is 213 g/mol. The second-order valence-corrected chi connectivity index (χ2v) is 4.93. The van der Waals surface area contributed by atoms with Crippen molar-refractivity contribution >= 4 is 0 Å². The highest BCUT2D eigenvalue weighted by Crippen LogP contribution is 2.34. The SMILES string of the molecule is COCC(NC1CCC(OC)C1)C1CC1. The number of hydrogen-bond donors (Lipinski definition) is 1. The maximum Gasteiger partial charge on any atom is 0.0618 e. The van der Waals surface area contributed by atoms with Crippen molar-refractivity contribution in [2.45, 2.75) is 50.3 Å². The van der Waals surface area contributed by atoms with Crippen molar-refractivity contribution in [2.75, 3.05) is 20.8 Å². The highest BCUT2D eigenvalue weighted by atomic mass is 16.5. The number of rotatable bonds is 6. The van der Waals surface area contributed by atoms with E-state index in [1.54, 1.807) is 7.11 Å². The molecule has 15 heavy (non-hydrogen) atoms. The van der Waals surface area contributed by atoms with Crippen molar-refractivity contribution in [1.82, 2.24) is 5.32 Å². The Bertz CT molecular complexity index is 194. The van der Waals surface area contributed by atoms with E-state index in [4.69, 9.17) is 9.47 Å². The Balaban J connectivity index is 1.74. The third kappa shape index (κ3) is 3.16. The molecule has 2 rings (SSSR count). The van der Waals surface area contributed by atoms with Crippen LogP contribution in [0.1, 0.15) is 32.1 Å². The predicted octanol–water partition coefficient (Wildman–Crippen LogP) is 1.57. The van der Waals surface area contributed by atoms with Crippen molar-refractivity contribution in [1.29, 1.82) is 0 Å². The maximum atomic E-state index is 5.39. The third-order valence-corrected chi connectivity index (χ3v) is 3.70. The summed E-state index contributed by atoms with van der Waals surface area (Å²) in [6, 6.07) is 1.23. The molecule has 0 aromatic heterocycles. The lowest BCUT2D eigenvalue weighted by atomic mass is 10.1. The van der Waals surface area contributed by atoms with Crippen molar-refractivity contribution in [2.24, 2.45) is 5.92 Å². The van der Waals surface area contributed by atoms with Crippen LogP contribution in [0.25, 0.3) is 0 Å². The summed E-state index contributed by atoms with van der Waals surface area (Å²) in [6.45, 7) is 0.860. The summed E-state index contributed by atoms with van der Waals surface area (Å²) in [7, 11) is 3.62. The van der Waals surface area contributed by atoms with Crippen LogP contribution in [0.5, 0.6) is 0 Å². The average Bonchev–Trinajstić information content (AvgIpc) is 2.99. The summed E-state index contributed by atoms with van der Waals surface area (Å²) in [5, 5.41) is 3.74. The summed E-state index contributed by atoms with van der Waals surface area (Å²) in [5.74, 6) is 0.867. The molecule has 0 aromatic rings. The molecule has 2 aliphatic carbocycles. The Hall–Kier alpha value is -0.120. The molecule has 0 aliphatic heterocycles. The van der Waals surface area contributed by atoms with Gasteiger partial charge in [0.15, 0.2) is 0 Å². The molecule has 2 fully saturated rings. The van der Waals surface area contributed by atoms with Crippen LogP contribution >= 0.6 is 0 Å². The Kier molecular flexibility index (Phi) is 4.00. The highest BCUT2D eigenvalue weighted by molar-refractivity contribution is 4.91. The Labute approximate surface area is 92.5 Å². The first-order chi connectivity index (χ1) is 7.33. The monoisotopic (exact) mass is 213 g/mol. The van der Waals surface area contributed by atoms with E-state index in [1.807, 2.05) is 7.11 Å². The van der Waals surface area contributed by atoms with Gasteiger partial charge in [0.1, 0.15) is 0 Å². The zero-order valence-electron chi connectivity index (χ0n) is 9.87. The van der Waals surface area contributed by atoms with E-state index in [0.717, 1.165) is 12.5 Å². The van der Waals surface area contributed by atoms with Gasteiger partial charge in [-0.1, -0.05) is 0 Å². The van der Waals surface area contributed by atoms with Gasteiger partial charge in [0, 0.05) is 26.3 Å². The van der Waals surface area contributed by atoms with Crippen molar-refractivity contribution in [3.05, 3.63) is 0 Å². The van der Waals surface area contributed by atoms with Crippen molar-refractivity contribution in [3.63, 3.8) is 0 Å². The molecule has 3 unspecified atom stereocenters. The Morgan fingerprint density at radius 1 is 1.20 bits per heavy atom. The molecule has 3 atom stereocenters. The number of methoxy groups -OCH3 is 2. The predicted molar refractivity (Wildman–Crippen MR) is 60.0 cm³/mol. The van der Waals surface area contributed by atoms with Crippen LogP contribution in [0.2, 0.25) is 0 Å². The van der Waals surface area contributed by atoms with Gasteiger partial charge >= 0.3 is 0 Å². The minimum absolute atomic E-state index is 0.477. The van der Waals surface area contributed by atoms with Crippen LogP contribution in [-0.2, 0) is 9.47 Å². The zero-order valence-corrected chi connectivity index (χ0v) is 9.87. The normalized spacial score (nSPS) is 33.2. The van der Waals surface area contributed by atoms with Crippen LogP contribution in [0, 0.1) is 5.92 Å². The van der Waals surface area contributed by atoms with Gasteiger partial charge in [-0.25, -0.2) is 0 Å². The van der Waals surface area contributed by atoms with Crippen LogP contribution in [0.3, 0.4) is 0 Å². The summed E-state index contributed by atoms with van der Waals surface area (Å²) >= 11 is 0. The molecular weight excluding hydrogens is 190 g/mol. The molecule has 3 nitrogen and oxygen atoms in total. The summed E-state index contributed by atoms with van der Waals surface area (Å²) in [4.78, 5) is 0. The molecule has 0 radical (unpaired) electrons. The molecule has 0 spiro atoms. The fourth-order valence-electron chi connectivity index (χ4n) is 2.61. The molecule has 0 aromatic carbocycles. The lowest BCUT2D eigenvalue weighted by Gasteiger charge is -2.22. The minimum Gasteiger partial charge on any atom is -0.383 e. The van der Waals surface area contributed by atoms with E-state index in [9.17, 15) is 0 Å². The molecule has 0 amide bonds. The van der Waals surface area contributed by atoms with E-state index in [0.29, 0.717) is 18.2 Å². The number of nitrogens with one attached hydrogen (secondary N) is 1. The van der Waals surface area contributed by atoms with E-state index in [1.165, 1.54) is 32.1 Å². The van der Waals surface area contributed by atoms with Gasteiger partial charge in [-0.15, -0.1) is 0 Å². The number of ether oxygens (including phenoxy) is 2. The van der Waals surface area contributed by atoms with Gasteiger partial charge in [0.05, 0.1) is 12.7 Å². The smallest absolute Gasteiger partial charge is 0.0618 e. The third-order valence-electron chi connectivity index (χ3n) is 3.70. The van der Waals surface area contributed by atoms with E-state index >= 15 is 0 Å². The number of hydrogen-bond acceptors (Lipinski definition) is 3. The first kappa shape index (κ1) is 11.4. The summed E-state index contributed by atoms with van der Waals surface area (Å²) in [6.07, 6.45) is 6.86. The van der Waals surface area contributed by atoms with Crippen molar-refractivity contribution in [3.8, 4) is 0 Å². The molecule has 0 saturated heterocycles. The van der Waals surface area contributed by atoms with Crippen molar-refractivity contribution < 1.29 is 9.47 Å². The van der Waals surface area contributed by atoms with Gasteiger partial charge in [-0.3, -0.25) is 0 Å². The molecule has 1 N–H and O–H groups in total. The second kappa shape index (κ2) is 5.28. The van der Waals surface area contributed by atoms with Gasteiger partial charge in [-0.05, 0) is 38.0 Å². The largest absolute Gasteiger partial charge is 0.383 e. The van der Waals surface area contributed by atoms with Gasteiger partial charge in [0.2, 0.25) is 0 Å². The molecule has 88 valence electrons. The topological polar surface area (TPSA) is 30.5 Å². The van der Waals surface area contributed by atoms with Gasteiger partial charge in [0.25, 0.3) is 0 Å². The minimum atomic E-state index is 0.477. The summed E-state index contributed by atoms with van der Waals surface area (Å²) < 4.78 is 10.7.